The number of amides is 2. The molecule has 0 heterocycles. The second-order valence-electron chi connectivity index (χ2n) is 7.32. The van der Waals surface area contributed by atoms with E-state index in [9.17, 15) is 9.59 Å². The SMILES string of the molecule is CCN(C(=O)c1cccc(NC(=S)NC(=O)CC2CCCC2)c1)c1ccccc1. The number of hydrogen-bond acceptors (Lipinski definition) is 3. The third-order valence-electron chi connectivity index (χ3n) is 5.20. The molecule has 2 amide bonds. The van der Waals surface area contributed by atoms with Gasteiger partial charge in [0.05, 0.1) is 0 Å². The molecule has 0 unspecified atom stereocenters. The fourth-order valence-electron chi connectivity index (χ4n) is 3.75. The number of benzene rings is 2. The van der Waals surface area contributed by atoms with Crippen molar-refractivity contribution in [3.8, 4) is 0 Å². The fourth-order valence-corrected chi connectivity index (χ4v) is 3.99. The first-order valence-corrected chi connectivity index (χ1v) is 10.6. The first-order chi connectivity index (χ1) is 14.1. The van der Waals surface area contributed by atoms with E-state index < -0.39 is 0 Å². The van der Waals surface area contributed by atoms with Crippen LogP contribution in [0.3, 0.4) is 0 Å². The normalized spacial score (nSPS) is 13.7. The van der Waals surface area contributed by atoms with E-state index in [1.54, 1.807) is 23.1 Å². The Morgan fingerprint density at radius 2 is 1.79 bits per heavy atom. The maximum atomic E-state index is 13.0. The van der Waals surface area contributed by atoms with Crippen molar-refractivity contribution in [2.45, 2.75) is 39.0 Å². The Morgan fingerprint density at radius 1 is 1.07 bits per heavy atom. The predicted molar refractivity (Wildman–Crippen MR) is 121 cm³/mol. The van der Waals surface area contributed by atoms with Crippen molar-refractivity contribution in [2.24, 2.45) is 5.92 Å². The molecular weight excluding hydrogens is 382 g/mol. The number of thiocarbonyl (C=S) groups is 1. The second-order valence-corrected chi connectivity index (χ2v) is 7.73. The molecule has 1 fully saturated rings. The van der Waals surface area contributed by atoms with Gasteiger partial charge in [-0.2, -0.15) is 0 Å². The summed E-state index contributed by atoms with van der Waals surface area (Å²) in [6.45, 7) is 2.51. The zero-order valence-corrected chi connectivity index (χ0v) is 17.5. The summed E-state index contributed by atoms with van der Waals surface area (Å²) in [5.74, 6) is 0.332. The topological polar surface area (TPSA) is 61.4 Å². The van der Waals surface area contributed by atoms with E-state index >= 15 is 0 Å². The lowest BCUT2D eigenvalue weighted by atomic mass is 10.0. The number of para-hydroxylation sites is 1. The molecule has 3 rings (SSSR count). The van der Waals surface area contributed by atoms with E-state index in [2.05, 4.69) is 10.6 Å². The van der Waals surface area contributed by atoms with E-state index in [1.807, 2.05) is 43.3 Å². The Hall–Kier alpha value is -2.73. The third kappa shape index (κ3) is 5.87. The second kappa shape index (κ2) is 10.2. The van der Waals surface area contributed by atoms with Crippen LogP contribution >= 0.6 is 12.2 Å². The summed E-state index contributed by atoms with van der Waals surface area (Å²) in [5, 5.41) is 6.03. The summed E-state index contributed by atoms with van der Waals surface area (Å²) in [5.41, 5.74) is 2.08. The van der Waals surface area contributed by atoms with Crippen molar-refractivity contribution in [1.29, 1.82) is 0 Å². The van der Waals surface area contributed by atoms with Crippen LogP contribution in [0.4, 0.5) is 11.4 Å². The van der Waals surface area contributed by atoms with Crippen LogP contribution in [0.2, 0.25) is 0 Å². The molecule has 0 aromatic heterocycles. The zero-order chi connectivity index (χ0) is 20.6. The van der Waals surface area contributed by atoms with Crippen molar-refractivity contribution < 1.29 is 9.59 Å². The number of nitrogens with one attached hydrogen (secondary N) is 2. The summed E-state index contributed by atoms with van der Waals surface area (Å²) in [4.78, 5) is 26.9. The maximum absolute atomic E-state index is 13.0. The Morgan fingerprint density at radius 3 is 2.48 bits per heavy atom. The van der Waals surface area contributed by atoms with Crippen molar-refractivity contribution in [2.75, 3.05) is 16.8 Å². The van der Waals surface area contributed by atoms with E-state index in [4.69, 9.17) is 12.2 Å². The minimum Gasteiger partial charge on any atom is -0.332 e. The molecule has 0 radical (unpaired) electrons. The van der Waals surface area contributed by atoms with Gasteiger partial charge < -0.3 is 15.5 Å². The minimum absolute atomic E-state index is 0.0529. The van der Waals surface area contributed by atoms with Crippen LogP contribution in [-0.2, 0) is 4.79 Å². The number of carbonyl (C=O) groups excluding carboxylic acids is 2. The molecule has 1 aliphatic rings. The smallest absolute Gasteiger partial charge is 0.258 e. The van der Waals surface area contributed by atoms with E-state index in [-0.39, 0.29) is 16.9 Å². The summed E-state index contributed by atoms with van der Waals surface area (Å²) in [7, 11) is 0. The lowest BCUT2D eigenvalue weighted by Crippen LogP contribution is -2.35. The van der Waals surface area contributed by atoms with Crippen LogP contribution in [0.5, 0.6) is 0 Å². The van der Waals surface area contributed by atoms with Gasteiger partial charge in [0, 0.05) is 29.9 Å². The zero-order valence-electron chi connectivity index (χ0n) is 16.7. The van der Waals surface area contributed by atoms with Gasteiger partial charge >= 0.3 is 0 Å². The molecule has 0 atom stereocenters. The highest BCUT2D eigenvalue weighted by Gasteiger charge is 2.19. The van der Waals surface area contributed by atoms with Crippen LogP contribution in [0, 0.1) is 5.92 Å². The van der Waals surface area contributed by atoms with Crippen LogP contribution in [0.25, 0.3) is 0 Å². The van der Waals surface area contributed by atoms with E-state index in [0.29, 0.717) is 30.1 Å². The van der Waals surface area contributed by atoms with Crippen molar-refractivity contribution >= 4 is 40.5 Å². The lowest BCUT2D eigenvalue weighted by Gasteiger charge is -2.21. The molecule has 2 aromatic carbocycles. The molecule has 0 saturated heterocycles. The van der Waals surface area contributed by atoms with Gasteiger partial charge in [-0.15, -0.1) is 0 Å². The molecule has 0 spiro atoms. The monoisotopic (exact) mass is 409 g/mol. The Balaban J connectivity index is 1.61. The molecule has 2 aromatic rings. The standard InChI is InChI=1S/C23H27N3O2S/c1-2-26(20-13-4-3-5-14-20)22(28)18-11-8-12-19(16-18)24-23(29)25-21(27)15-17-9-6-7-10-17/h3-5,8,11-14,16-17H,2,6-7,9-10,15H2,1H3,(H2,24,25,27,29). The van der Waals surface area contributed by atoms with Crippen molar-refractivity contribution in [3.05, 3.63) is 60.2 Å². The largest absolute Gasteiger partial charge is 0.332 e. The van der Waals surface area contributed by atoms with E-state index in [0.717, 1.165) is 18.5 Å². The molecule has 5 nitrogen and oxygen atoms in total. The number of nitrogens with zero attached hydrogens (tertiary/aromatic N) is 1. The fraction of sp³-hybridized carbons (Fsp3) is 0.348. The summed E-state index contributed by atoms with van der Waals surface area (Å²) < 4.78 is 0. The first kappa shape index (κ1) is 21.0. The highest BCUT2D eigenvalue weighted by molar-refractivity contribution is 7.80. The van der Waals surface area contributed by atoms with Crippen LogP contribution < -0.4 is 15.5 Å². The summed E-state index contributed by atoms with van der Waals surface area (Å²) in [6, 6.07) is 16.7. The number of hydrogen-bond donors (Lipinski definition) is 2. The Bertz CT molecular complexity index is 863. The minimum atomic E-state index is -0.0847. The summed E-state index contributed by atoms with van der Waals surface area (Å²) >= 11 is 5.27. The number of carbonyl (C=O) groups is 2. The first-order valence-electron chi connectivity index (χ1n) is 10.1. The summed E-state index contributed by atoms with van der Waals surface area (Å²) in [6.07, 6.45) is 5.17. The van der Waals surface area contributed by atoms with Crippen LogP contribution in [0.15, 0.2) is 54.6 Å². The molecular formula is C23H27N3O2S. The van der Waals surface area contributed by atoms with Crippen LogP contribution in [-0.4, -0.2) is 23.5 Å². The average Bonchev–Trinajstić information content (AvgIpc) is 3.22. The predicted octanol–water partition coefficient (Wildman–Crippen LogP) is 4.75. The quantitative estimate of drug-likeness (QED) is 0.676. The Kier molecular flexibility index (Phi) is 7.36. The molecule has 152 valence electrons. The van der Waals surface area contributed by atoms with Gasteiger partial charge in [-0.25, -0.2) is 0 Å². The van der Waals surface area contributed by atoms with Gasteiger partial charge in [-0.1, -0.05) is 37.1 Å². The van der Waals surface area contributed by atoms with Gasteiger partial charge in [-0.05, 0) is 68.2 Å². The molecule has 2 N–H and O–H groups in total. The van der Waals surface area contributed by atoms with Crippen LogP contribution in [0.1, 0.15) is 49.4 Å². The highest BCUT2D eigenvalue weighted by atomic mass is 32.1. The maximum Gasteiger partial charge on any atom is 0.258 e. The number of anilines is 2. The van der Waals surface area contributed by atoms with E-state index in [1.165, 1.54) is 12.8 Å². The molecule has 1 saturated carbocycles. The van der Waals surface area contributed by atoms with Crippen molar-refractivity contribution in [3.63, 3.8) is 0 Å². The highest BCUT2D eigenvalue weighted by Crippen LogP contribution is 2.27. The lowest BCUT2D eigenvalue weighted by molar-refractivity contribution is -0.120. The molecule has 0 aliphatic heterocycles. The van der Waals surface area contributed by atoms with Gasteiger partial charge in [0.25, 0.3) is 5.91 Å². The van der Waals surface area contributed by atoms with Gasteiger partial charge in [0.15, 0.2) is 5.11 Å². The average molecular weight is 410 g/mol. The van der Waals surface area contributed by atoms with Gasteiger partial charge in [0.2, 0.25) is 5.91 Å². The number of rotatable bonds is 6. The van der Waals surface area contributed by atoms with Crippen molar-refractivity contribution in [1.82, 2.24) is 5.32 Å². The molecule has 1 aliphatic carbocycles. The Labute approximate surface area is 177 Å². The van der Waals surface area contributed by atoms with Gasteiger partial charge in [-0.3, -0.25) is 9.59 Å². The molecule has 6 heteroatoms. The third-order valence-corrected chi connectivity index (χ3v) is 5.40. The van der Waals surface area contributed by atoms with Gasteiger partial charge in [0.1, 0.15) is 0 Å². The molecule has 0 bridgehead atoms. The molecule has 29 heavy (non-hydrogen) atoms.